The highest BCUT2D eigenvalue weighted by atomic mass is 15.2. The lowest BCUT2D eigenvalue weighted by Gasteiger charge is -2.22. The van der Waals surface area contributed by atoms with E-state index in [1.54, 1.807) is 0 Å². The fourth-order valence-corrected chi connectivity index (χ4v) is 2.76. The van der Waals surface area contributed by atoms with E-state index < -0.39 is 0 Å². The average molecular weight is 228 g/mol. The topological polar surface area (TPSA) is 38.0 Å². The second-order valence-corrected chi connectivity index (χ2v) is 4.81. The Balaban J connectivity index is 1.93. The Morgan fingerprint density at radius 3 is 2.53 bits per heavy atom. The fourth-order valence-electron chi connectivity index (χ4n) is 2.76. The van der Waals surface area contributed by atoms with Crippen LogP contribution in [0.2, 0.25) is 0 Å². The number of hydrazine groups is 1. The van der Waals surface area contributed by atoms with Crippen LogP contribution in [0.25, 0.3) is 0 Å². The van der Waals surface area contributed by atoms with Gasteiger partial charge in [0.25, 0.3) is 0 Å². The van der Waals surface area contributed by atoms with E-state index in [1.807, 2.05) is 0 Å². The number of nitrogens with one attached hydrogen (secondary N) is 1. The van der Waals surface area contributed by atoms with Gasteiger partial charge in [0.2, 0.25) is 0 Å². The molecule has 0 spiro atoms. The Morgan fingerprint density at radius 1 is 1.35 bits per heavy atom. The van der Waals surface area contributed by atoms with Crippen molar-refractivity contribution in [2.45, 2.75) is 38.1 Å². The van der Waals surface area contributed by atoms with Crippen molar-refractivity contribution in [3.63, 3.8) is 0 Å². The highest BCUT2D eigenvalue weighted by Gasteiger charge is 2.27. The van der Waals surface area contributed by atoms with Gasteiger partial charge in [0.1, 0.15) is 0 Å². The summed E-state index contributed by atoms with van der Waals surface area (Å²) >= 11 is 0. The second-order valence-electron chi connectivity index (χ2n) is 4.81. The number of terminal acetylenes is 1. The molecule has 0 aliphatic heterocycles. The predicted octanol–water partition coefficient (Wildman–Crippen LogP) is 2.04. The zero-order chi connectivity index (χ0) is 12.1. The maximum absolute atomic E-state index is 5.67. The first-order valence-electron chi connectivity index (χ1n) is 6.31. The highest BCUT2D eigenvalue weighted by Crippen LogP contribution is 2.29. The summed E-state index contributed by atoms with van der Waals surface area (Å²) in [5.41, 5.74) is 5.93. The minimum atomic E-state index is 0.385. The van der Waals surface area contributed by atoms with Crippen LogP contribution >= 0.6 is 0 Å². The Morgan fingerprint density at radius 2 is 2.00 bits per heavy atom. The van der Waals surface area contributed by atoms with Gasteiger partial charge in [-0.25, -0.2) is 0 Å². The zero-order valence-corrected chi connectivity index (χ0v) is 10.2. The molecule has 0 fully saturated rings. The van der Waals surface area contributed by atoms with Crippen molar-refractivity contribution in [2.75, 3.05) is 0 Å². The smallest absolute Gasteiger partial charge is 0.0245 e. The van der Waals surface area contributed by atoms with E-state index in [9.17, 15) is 0 Å². The number of hydrogen-bond donors (Lipinski definition) is 2. The van der Waals surface area contributed by atoms with Crippen LogP contribution in [0.3, 0.4) is 0 Å². The molecule has 0 bridgehead atoms. The molecule has 17 heavy (non-hydrogen) atoms. The van der Waals surface area contributed by atoms with Crippen molar-refractivity contribution in [1.82, 2.24) is 5.43 Å². The summed E-state index contributed by atoms with van der Waals surface area (Å²) in [6.45, 7) is 0. The molecule has 2 heteroatoms. The van der Waals surface area contributed by atoms with E-state index in [-0.39, 0.29) is 0 Å². The van der Waals surface area contributed by atoms with Crippen LogP contribution in [0.4, 0.5) is 0 Å². The lowest BCUT2D eigenvalue weighted by Crippen LogP contribution is -2.41. The van der Waals surface area contributed by atoms with Crippen molar-refractivity contribution in [3.8, 4) is 12.3 Å². The molecule has 1 atom stereocenters. The summed E-state index contributed by atoms with van der Waals surface area (Å²) in [7, 11) is 0. The van der Waals surface area contributed by atoms with Gasteiger partial charge in [0.05, 0.1) is 0 Å². The molecule has 1 aromatic carbocycles. The predicted molar refractivity (Wildman–Crippen MR) is 71.1 cm³/mol. The van der Waals surface area contributed by atoms with Crippen molar-refractivity contribution < 1.29 is 0 Å². The minimum Gasteiger partial charge on any atom is -0.271 e. The van der Waals surface area contributed by atoms with Crippen molar-refractivity contribution in [1.29, 1.82) is 0 Å². The van der Waals surface area contributed by atoms with Gasteiger partial charge in [-0.3, -0.25) is 11.3 Å². The van der Waals surface area contributed by atoms with Gasteiger partial charge >= 0.3 is 0 Å². The Bertz CT molecular complexity index is 381. The molecule has 1 aromatic rings. The molecule has 0 radical (unpaired) electrons. The van der Waals surface area contributed by atoms with E-state index in [1.165, 1.54) is 11.1 Å². The minimum absolute atomic E-state index is 0.385. The van der Waals surface area contributed by atoms with E-state index in [2.05, 4.69) is 35.6 Å². The van der Waals surface area contributed by atoms with Gasteiger partial charge in [0, 0.05) is 12.5 Å². The number of fused-ring (bicyclic) bond motifs is 1. The van der Waals surface area contributed by atoms with Crippen molar-refractivity contribution >= 4 is 0 Å². The molecule has 2 nitrogen and oxygen atoms in total. The molecular weight excluding hydrogens is 208 g/mol. The van der Waals surface area contributed by atoms with Crippen molar-refractivity contribution in [2.24, 2.45) is 11.8 Å². The van der Waals surface area contributed by atoms with Gasteiger partial charge in [-0.05, 0) is 42.7 Å². The molecule has 2 rings (SSSR count). The van der Waals surface area contributed by atoms with Crippen LogP contribution in [-0.2, 0) is 12.8 Å². The third-order valence-electron chi connectivity index (χ3n) is 3.70. The Hall–Kier alpha value is -1.30. The standard InChI is InChI=1S/C15H20N2/c1-2-3-4-9-15(17-16)14-10-12-7-5-6-8-13(12)11-14/h1,5-8,14-15,17H,3-4,9-11,16H2. The number of unbranched alkanes of at least 4 members (excludes halogenated alkanes) is 1. The SMILES string of the molecule is C#CCCCC(NN)C1Cc2ccccc2C1. The number of benzene rings is 1. The Labute approximate surface area is 104 Å². The average Bonchev–Trinajstić information content (AvgIpc) is 2.78. The molecule has 1 unspecified atom stereocenters. The molecular formula is C15H20N2. The number of rotatable bonds is 5. The lowest BCUT2D eigenvalue weighted by molar-refractivity contribution is 0.344. The van der Waals surface area contributed by atoms with Gasteiger partial charge in [0.15, 0.2) is 0 Å². The second kappa shape index (κ2) is 5.86. The lowest BCUT2D eigenvalue weighted by atomic mass is 9.93. The van der Waals surface area contributed by atoms with E-state index >= 15 is 0 Å². The summed E-state index contributed by atoms with van der Waals surface area (Å²) in [5, 5.41) is 0. The normalized spacial score (nSPS) is 16.5. The third-order valence-corrected chi connectivity index (χ3v) is 3.70. The molecule has 0 heterocycles. The largest absolute Gasteiger partial charge is 0.271 e. The number of nitrogens with two attached hydrogens (primary N) is 1. The van der Waals surface area contributed by atoms with Crippen molar-refractivity contribution in [3.05, 3.63) is 35.4 Å². The van der Waals surface area contributed by atoms with Gasteiger partial charge in [-0.1, -0.05) is 24.3 Å². The first kappa shape index (κ1) is 12.2. The molecule has 0 saturated carbocycles. The van der Waals surface area contributed by atoms with Crippen LogP contribution in [0.1, 0.15) is 30.4 Å². The molecule has 1 aliphatic carbocycles. The van der Waals surface area contributed by atoms with Crippen LogP contribution in [0, 0.1) is 18.3 Å². The maximum Gasteiger partial charge on any atom is 0.0245 e. The fraction of sp³-hybridized carbons (Fsp3) is 0.467. The van der Waals surface area contributed by atoms with E-state index in [4.69, 9.17) is 12.3 Å². The van der Waals surface area contributed by atoms with Gasteiger partial charge in [-0.15, -0.1) is 12.3 Å². The van der Waals surface area contributed by atoms with E-state index in [0.29, 0.717) is 12.0 Å². The van der Waals surface area contributed by atoms with Crippen LogP contribution < -0.4 is 11.3 Å². The maximum atomic E-state index is 5.67. The quantitative estimate of drug-likeness (QED) is 0.350. The number of hydrogen-bond acceptors (Lipinski definition) is 2. The Kier molecular flexibility index (Phi) is 4.19. The van der Waals surface area contributed by atoms with Crippen LogP contribution in [0.5, 0.6) is 0 Å². The summed E-state index contributed by atoms with van der Waals surface area (Å²) in [6, 6.07) is 9.07. The first-order valence-corrected chi connectivity index (χ1v) is 6.31. The van der Waals surface area contributed by atoms with Crippen LogP contribution in [-0.4, -0.2) is 6.04 Å². The molecule has 0 saturated heterocycles. The third kappa shape index (κ3) is 2.88. The monoisotopic (exact) mass is 228 g/mol. The summed E-state index contributed by atoms with van der Waals surface area (Å²) in [6.07, 6.45) is 10.5. The molecule has 0 amide bonds. The van der Waals surface area contributed by atoms with E-state index in [0.717, 1.165) is 32.1 Å². The molecule has 1 aliphatic rings. The zero-order valence-electron chi connectivity index (χ0n) is 10.2. The molecule has 0 aromatic heterocycles. The summed E-state index contributed by atoms with van der Waals surface area (Å²) < 4.78 is 0. The first-order chi connectivity index (χ1) is 8.35. The summed E-state index contributed by atoms with van der Waals surface area (Å²) in [4.78, 5) is 0. The molecule has 90 valence electrons. The summed E-state index contributed by atoms with van der Waals surface area (Å²) in [5.74, 6) is 8.97. The molecule has 3 N–H and O–H groups in total. The van der Waals surface area contributed by atoms with Crippen LogP contribution in [0.15, 0.2) is 24.3 Å². The van der Waals surface area contributed by atoms with Gasteiger partial charge < -0.3 is 0 Å². The highest BCUT2D eigenvalue weighted by molar-refractivity contribution is 5.32. The van der Waals surface area contributed by atoms with Gasteiger partial charge in [-0.2, -0.15) is 0 Å².